The number of nitriles is 4. The van der Waals surface area contributed by atoms with E-state index in [-0.39, 0.29) is 114 Å². The Balaban J connectivity index is 0.000000192. The Labute approximate surface area is 858 Å². The molecule has 0 saturated heterocycles. The Hall–Kier alpha value is -17.5. The van der Waals surface area contributed by atoms with Crippen molar-refractivity contribution >= 4 is 79.9 Å². The van der Waals surface area contributed by atoms with Crippen LogP contribution >= 0.6 is 0 Å². The second-order valence-corrected chi connectivity index (χ2v) is 34.5. The number of rotatable bonds is 31. The van der Waals surface area contributed by atoms with Gasteiger partial charge in [-0.3, -0.25) is 39.1 Å². The molecule has 35 heteroatoms. The maximum absolute atomic E-state index is 12.1. The summed E-state index contributed by atoms with van der Waals surface area (Å²) >= 11 is 0. The van der Waals surface area contributed by atoms with Gasteiger partial charge in [-0.05, 0) is 277 Å². The van der Waals surface area contributed by atoms with E-state index in [0.29, 0.717) is 105 Å². The summed E-state index contributed by atoms with van der Waals surface area (Å²) in [6, 6.07) is 65.7. The molecule has 0 aliphatic rings. The van der Waals surface area contributed by atoms with Crippen LogP contribution in [0.1, 0.15) is 152 Å². The molecule has 34 nitrogen and oxygen atoms in total. The topological polar surface area (TPSA) is 542 Å². The minimum Gasteiger partial charge on any atom is -0.870 e. The van der Waals surface area contributed by atoms with Crippen molar-refractivity contribution < 1.29 is 124 Å². The number of hydrogen-bond donors (Lipinski definition) is 7. The number of aromatic nitrogens is 4. The molecular formula is C112H107LiN12O22. The van der Waals surface area contributed by atoms with Crippen LogP contribution in [0.15, 0.2) is 262 Å². The number of pyridine rings is 4. The van der Waals surface area contributed by atoms with Crippen molar-refractivity contribution in [1.29, 1.82) is 21.0 Å². The van der Waals surface area contributed by atoms with Gasteiger partial charge in [-0.15, -0.1) is 0 Å². The second kappa shape index (κ2) is 53.6. The summed E-state index contributed by atoms with van der Waals surface area (Å²) in [4.78, 5) is 87.5. The van der Waals surface area contributed by atoms with Gasteiger partial charge in [0.1, 0.15) is 76.4 Å². The number of alkyl carbamates (subject to hydrolysis) is 2. The molecule has 0 radical (unpaired) electrons. The van der Waals surface area contributed by atoms with Gasteiger partial charge in [0, 0.05) is 104 Å². The van der Waals surface area contributed by atoms with Crippen molar-refractivity contribution in [3.63, 3.8) is 0 Å². The molecule has 0 aliphatic carbocycles. The molecule has 8 aromatic carbocycles. The second-order valence-electron chi connectivity index (χ2n) is 34.5. The number of benzene rings is 8. The summed E-state index contributed by atoms with van der Waals surface area (Å²) in [6.45, 7) is 18.7. The molecule has 16 aromatic rings. The number of nitrogens with two attached hydrogens (primary N) is 2. The minimum atomic E-state index is -0.968. The van der Waals surface area contributed by atoms with Crippen LogP contribution in [0.2, 0.25) is 0 Å². The zero-order valence-corrected chi connectivity index (χ0v) is 82.6. The van der Waals surface area contributed by atoms with E-state index in [4.69, 9.17) is 77.4 Å². The molecule has 16 rings (SSSR count). The van der Waals surface area contributed by atoms with Crippen molar-refractivity contribution in [2.75, 3.05) is 19.8 Å². The van der Waals surface area contributed by atoms with Crippen LogP contribution in [0.25, 0.3) is 88.4 Å². The molecule has 748 valence electrons. The average Bonchev–Trinajstić information content (AvgIpc) is 1.70. The first-order valence-corrected chi connectivity index (χ1v) is 46.0. The molecule has 0 atom stereocenters. The quantitative estimate of drug-likeness (QED) is 0.0120. The number of carbonyl (C=O) groups is 6. The summed E-state index contributed by atoms with van der Waals surface area (Å²) < 4.78 is 66.4. The number of carboxylic acids is 1. The molecule has 8 aromatic heterocycles. The van der Waals surface area contributed by atoms with Gasteiger partial charge in [0.05, 0.1) is 160 Å². The number of carboxylic acid groups (broad SMARTS) is 1. The van der Waals surface area contributed by atoms with E-state index in [1.807, 2.05) is 148 Å². The molecule has 0 fully saturated rings. The molecule has 10 N–H and O–H groups in total. The van der Waals surface area contributed by atoms with Crippen LogP contribution in [0.4, 0.5) is 9.59 Å². The molecule has 0 spiro atoms. The maximum atomic E-state index is 12.1. The Morgan fingerprint density at radius 1 is 0.381 bits per heavy atom. The Bertz CT molecular complexity index is 7520. The fourth-order valence-electron chi connectivity index (χ4n) is 15.0. The van der Waals surface area contributed by atoms with Crippen LogP contribution in [-0.4, -0.2) is 108 Å². The van der Waals surface area contributed by atoms with E-state index in [1.165, 1.54) is 6.07 Å². The molecule has 2 amide bonds. The zero-order valence-electron chi connectivity index (χ0n) is 82.6. The van der Waals surface area contributed by atoms with Gasteiger partial charge < -0.3 is 98.5 Å². The van der Waals surface area contributed by atoms with Crippen molar-refractivity contribution in [3.8, 4) is 91.8 Å². The average molecular weight is 1980 g/mol. The first kappa shape index (κ1) is 112. The summed E-state index contributed by atoms with van der Waals surface area (Å²) in [5.74, 6) is -0.823. The number of hydrogen-bond acceptors (Lipinski definition) is 31. The standard InChI is InChI=1S/C31H31N3O6.C26H23N3O4.C24H19N3O4.C20H22N2O4.C11H11NO3.Li.H2O/c1-5-37-28(35)16-23-7-6-20(17-32)14-27(23)39-19-21-12-24-9-11-38-29(24)26(13-21)22-8-10-33-25(15-22)18-34-30(36)40-31(2,3)4;1-2-31-25(30)13-20-4-3-17(14-27)11-24(20)33-16-18-9-21-6-8-32-26(21)23(10-18)19-5-7-29-22(12-19)15-28;25-12-15-1-2-18(11-23(28)29)22(9-15)31-14-16-7-19-4-6-30-24(19)21(8-16)17-3-5-27-20(10-17)13-26;1-20(2,3)26-19(24)22-11-16-10-14(4-6-21-16)17-9-13(12-23)8-15-5-7-25-18(15)17;1-2-15-11(14)6-9-4-3-8(7-12)5-10(9)13;;/h6-15H,5,16,18-19H2,1-4H3,(H,34,36);3-12H,2,13,15-16,28H2,1H3;1-10H,11,13-14,26H2,(H,28,29);4-10,23H,11-12H2,1-3H3,(H,22,24);3-5,13H,2,6H2,1H3;;1H2/q;;;;;+1;/p-1. The number of aromatic hydroxyl groups is 1. The molecule has 0 saturated carbocycles. The third-order valence-electron chi connectivity index (χ3n) is 21.4. The number of aliphatic carboxylic acids is 1. The Morgan fingerprint density at radius 3 is 0.959 bits per heavy atom. The van der Waals surface area contributed by atoms with E-state index in [0.717, 1.165) is 116 Å². The van der Waals surface area contributed by atoms with Gasteiger partial charge in [0.15, 0.2) is 0 Å². The van der Waals surface area contributed by atoms with Crippen LogP contribution in [-0.2, 0) is 121 Å². The summed E-state index contributed by atoms with van der Waals surface area (Å²) in [5.41, 5.74) is 30.7. The van der Waals surface area contributed by atoms with Gasteiger partial charge >= 0.3 is 54.9 Å². The number of phenolic OH excluding ortho intramolecular Hbond substituents is 1. The fraction of sp³-hybridized carbons (Fsp3) is 0.232. The summed E-state index contributed by atoms with van der Waals surface area (Å²) in [5, 5.41) is 73.6. The van der Waals surface area contributed by atoms with Gasteiger partial charge in [-0.1, -0.05) is 24.3 Å². The number of ether oxygens (including phenoxy) is 8. The number of aliphatic hydroxyl groups excluding tert-OH is 1. The van der Waals surface area contributed by atoms with Crippen molar-refractivity contribution in [2.45, 2.75) is 152 Å². The number of aliphatic hydroxyl groups is 1. The van der Waals surface area contributed by atoms with Gasteiger partial charge in [0.25, 0.3) is 0 Å². The zero-order chi connectivity index (χ0) is 104. The SMILES string of the molecule is CC(C)(C)OC(=O)NCc1cc(-c2cc(CO)cc3ccoc23)ccn1.CCOC(=O)Cc1ccc(C#N)cc1O.CCOC(=O)Cc1ccc(C#N)cc1OCc1cc(-c2ccnc(CN)c2)c2occc2c1.CCOC(=O)Cc1ccc(C#N)cc1OCc1cc(-c2ccnc(CNC(=O)OC(C)(C)C)c2)c2occc2c1.N#Cc1ccc(CC(=O)O)c(OCc2cc(-c3ccnc(CN)c3)c3occc3c2)c1.[Li+].[OH-]. The molecule has 0 aliphatic heterocycles. The largest absolute Gasteiger partial charge is 1.00 e. The van der Waals surface area contributed by atoms with Gasteiger partial charge in [-0.25, -0.2) is 9.59 Å². The van der Waals surface area contributed by atoms with Crippen LogP contribution < -0.4 is 55.2 Å². The number of furan rings is 4. The van der Waals surface area contributed by atoms with E-state index in [9.17, 15) is 54.8 Å². The van der Waals surface area contributed by atoms with E-state index >= 15 is 0 Å². The number of amides is 2. The Morgan fingerprint density at radius 2 is 0.667 bits per heavy atom. The number of nitrogens with one attached hydrogen (secondary N) is 2. The van der Waals surface area contributed by atoms with Gasteiger partial charge in [-0.2, -0.15) is 21.0 Å². The predicted molar refractivity (Wildman–Crippen MR) is 539 cm³/mol. The predicted octanol–water partition coefficient (Wildman–Crippen LogP) is 16.8. The van der Waals surface area contributed by atoms with E-state index in [1.54, 1.807) is 158 Å². The molecule has 0 unspecified atom stereocenters. The third-order valence-corrected chi connectivity index (χ3v) is 21.4. The first-order chi connectivity index (χ1) is 69.8. The first-order valence-electron chi connectivity index (χ1n) is 46.0. The van der Waals surface area contributed by atoms with Gasteiger partial charge in [0.2, 0.25) is 0 Å². The minimum absolute atomic E-state index is 0. The maximum Gasteiger partial charge on any atom is 1.00 e. The normalized spacial score (nSPS) is 10.7. The van der Waals surface area contributed by atoms with Crippen LogP contribution in [0.3, 0.4) is 0 Å². The number of fused-ring (bicyclic) bond motifs is 4. The molecular weight excluding hydrogens is 1870 g/mol. The number of nitrogens with zero attached hydrogens (tertiary/aromatic N) is 8. The number of carbonyl (C=O) groups excluding carboxylic acids is 5. The summed E-state index contributed by atoms with van der Waals surface area (Å²) in [7, 11) is 0. The van der Waals surface area contributed by atoms with Crippen molar-refractivity contribution in [1.82, 2.24) is 30.6 Å². The van der Waals surface area contributed by atoms with Crippen LogP contribution in [0, 0.1) is 45.3 Å². The van der Waals surface area contributed by atoms with Crippen LogP contribution in [0.5, 0.6) is 23.0 Å². The number of phenols is 1. The monoisotopic (exact) mass is 1980 g/mol. The molecule has 0 bridgehead atoms. The summed E-state index contributed by atoms with van der Waals surface area (Å²) in [6.07, 6.45) is 12.3. The molecule has 147 heavy (non-hydrogen) atoms. The van der Waals surface area contributed by atoms with E-state index < -0.39 is 35.3 Å². The number of esters is 3. The smallest absolute Gasteiger partial charge is 0.870 e. The third kappa shape index (κ3) is 32.3. The molecule has 8 heterocycles. The fourth-order valence-corrected chi connectivity index (χ4v) is 15.0. The Kier molecular flexibility index (Phi) is 40.6. The van der Waals surface area contributed by atoms with E-state index in [2.05, 4.69) is 48.8 Å². The van der Waals surface area contributed by atoms with Crippen molar-refractivity contribution in [2.24, 2.45) is 11.5 Å². The van der Waals surface area contributed by atoms with Crippen molar-refractivity contribution in [3.05, 3.63) is 334 Å².